The van der Waals surface area contributed by atoms with Gasteiger partial charge in [-0.1, -0.05) is 53.7 Å². The lowest BCUT2D eigenvalue weighted by Gasteiger charge is -2.10. The molecule has 0 saturated heterocycles. The van der Waals surface area contributed by atoms with Crippen molar-refractivity contribution in [3.63, 3.8) is 0 Å². The fraction of sp³-hybridized carbons (Fsp3) is 0.0455. The van der Waals surface area contributed by atoms with E-state index >= 15 is 0 Å². The smallest absolute Gasteiger partial charge is 0.308 e. The van der Waals surface area contributed by atoms with Crippen LogP contribution in [0.5, 0.6) is 0 Å². The van der Waals surface area contributed by atoms with E-state index in [9.17, 15) is 4.79 Å². The Kier molecular flexibility index (Phi) is 4.84. The van der Waals surface area contributed by atoms with Gasteiger partial charge in [-0.2, -0.15) is 0 Å². The van der Waals surface area contributed by atoms with Crippen molar-refractivity contribution in [3.05, 3.63) is 90.6 Å². The minimum Gasteiger partial charge on any atom is -0.308 e. The zero-order chi connectivity index (χ0) is 19.3. The third kappa shape index (κ3) is 3.91. The van der Waals surface area contributed by atoms with Gasteiger partial charge in [0.2, 0.25) is 0 Å². The molecule has 28 heavy (non-hydrogen) atoms. The number of aromatic nitrogens is 3. The van der Waals surface area contributed by atoms with Gasteiger partial charge in [0.25, 0.3) is 0 Å². The molecule has 2 N–H and O–H groups in total. The Morgan fingerprint density at radius 3 is 2.32 bits per heavy atom. The van der Waals surface area contributed by atoms with Crippen molar-refractivity contribution < 1.29 is 4.79 Å². The van der Waals surface area contributed by atoms with Crippen LogP contribution >= 0.6 is 0 Å². The summed E-state index contributed by atoms with van der Waals surface area (Å²) in [5, 5.41) is 14.1. The van der Waals surface area contributed by atoms with Crippen LogP contribution in [0.4, 0.5) is 16.2 Å². The average molecular weight is 369 g/mol. The van der Waals surface area contributed by atoms with Crippen LogP contribution in [0.1, 0.15) is 5.56 Å². The molecular formula is C22H19N5O. The van der Waals surface area contributed by atoms with Gasteiger partial charge >= 0.3 is 6.03 Å². The lowest BCUT2D eigenvalue weighted by Crippen LogP contribution is -2.19. The third-order valence-corrected chi connectivity index (χ3v) is 4.35. The van der Waals surface area contributed by atoms with E-state index in [2.05, 4.69) is 20.9 Å². The largest absolute Gasteiger partial charge is 0.323 e. The Balaban J connectivity index is 1.44. The molecule has 4 aromatic rings. The molecule has 4 rings (SSSR count). The summed E-state index contributed by atoms with van der Waals surface area (Å²) in [4.78, 5) is 12.2. The van der Waals surface area contributed by atoms with E-state index in [4.69, 9.17) is 0 Å². The van der Waals surface area contributed by atoms with E-state index in [-0.39, 0.29) is 6.03 Å². The zero-order valence-corrected chi connectivity index (χ0v) is 15.3. The molecule has 0 aliphatic rings. The molecule has 6 nitrogen and oxygen atoms in total. The van der Waals surface area contributed by atoms with Crippen LogP contribution in [0, 0.1) is 6.92 Å². The van der Waals surface area contributed by atoms with Crippen LogP contribution < -0.4 is 10.6 Å². The van der Waals surface area contributed by atoms with E-state index in [1.165, 1.54) is 0 Å². The summed E-state index contributed by atoms with van der Waals surface area (Å²) >= 11 is 0. The minimum atomic E-state index is -0.283. The fourth-order valence-electron chi connectivity index (χ4n) is 2.83. The number of anilines is 2. The molecule has 1 heterocycles. The van der Waals surface area contributed by atoms with E-state index in [1.807, 2.05) is 92.0 Å². The van der Waals surface area contributed by atoms with Gasteiger partial charge in [0, 0.05) is 16.9 Å². The molecule has 0 aliphatic heterocycles. The first-order valence-electron chi connectivity index (χ1n) is 8.91. The predicted molar refractivity (Wildman–Crippen MR) is 111 cm³/mol. The first-order valence-corrected chi connectivity index (χ1v) is 8.91. The van der Waals surface area contributed by atoms with Crippen molar-refractivity contribution in [2.45, 2.75) is 6.92 Å². The summed E-state index contributed by atoms with van der Waals surface area (Å²) in [6, 6.07) is 24.7. The van der Waals surface area contributed by atoms with Gasteiger partial charge in [-0.25, -0.2) is 9.48 Å². The minimum absolute atomic E-state index is 0.283. The van der Waals surface area contributed by atoms with E-state index in [0.29, 0.717) is 5.69 Å². The normalized spacial score (nSPS) is 10.5. The zero-order valence-electron chi connectivity index (χ0n) is 15.3. The maximum Gasteiger partial charge on any atom is 0.323 e. The summed E-state index contributed by atoms with van der Waals surface area (Å²) in [5.74, 6) is 0. The van der Waals surface area contributed by atoms with Crippen molar-refractivity contribution >= 4 is 17.4 Å². The summed E-state index contributed by atoms with van der Waals surface area (Å²) in [7, 11) is 0. The Morgan fingerprint density at radius 1 is 0.857 bits per heavy atom. The van der Waals surface area contributed by atoms with Gasteiger partial charge in [-0.3, -0.25) is 0 Å². The Labute approximate surface area is 162 Å². The number of nitrogens with one attached hydrogen (secondary N) is 2. The Hall–Kier alpha value is -3.93. The molecule has 6 heteroatoms. The van der Waals surface area contributed by atoms with Crippen molar-refractivity contribution in [2.75, 3.05) is 10.6 Å². The highest BCUT2D eigenvalue weighted by Crippen LogP contribution is 2.19. The molecule has 0 fully saturated rings. The number of rotatable bonds is 4. The van der Waals surface area contributed by atoms with Gasteiger partial charge < -0.3 is 10.6 Å². The highest BCUT2D eigenvalue weighted by atomic mass is 16.2. The molecule has 2 amide bonds. The third-order valence-electron chi connectivity index (χ3n) is 4.35. The fourth-order valence-corrected chi connectivity index (χ4v) is 2.83. The maximum atomic E-state index is 12.2. The topological polar surface area (TPSA) is 71.8 Å². The van der Waals surface area contributed by atoms with Crippen LogP contribution in [0.15, 0.2) is 85.1 Å². The number of urea groups is 1. The predicted octanol–water partition coefficient (Wildman–Crippen LogP) is 4.89. The van der Waals surface area contributed by atoms with Crippen LogP contribution in [-0.2, 0) is 0 Å². The molecule has 1 aromatic heterocycles. The van der Waals surface area contributed by atoms with Crippen LogP contribution in [0.3, 0.4) is 0 Å². The number of aryl methyl sites for hydroxylation is 1. The second-order valence-corrected chi connectivity index (χ2v) is 6.36. The summed E-state index contributed by atoms with van der Waals surface area (Å²) in [6.45, 7) is 1.95. The highest BCUT2D eigenvalue weighted by Gasteiger charge is 2.07. The number of carbonyl (C=O) groups excluding carboxylic acids is 1. The van der Waals surface area contributed by atoms with Crippen molar-refractivity contribution in [1.82, 2.24) is 15.0 Å². The van der Waals surface area contributed by atoms with Crippen molar-refractivity contribution in [1.29, 1.82) is 0 Å². The molecule has 0 spiro atoms. The van der Waals surface area contributed by atoms with E-state index < -0.39 is 0 Å². The summed E-state index contributed by atoms with van der Waals surface area (Å²) in [6.07, 6.45) is 1.88. The van der Waals surface area contributed by atoms with Gasteiger partial charge in [-0.05, 0) is 42.8 Å². The SMILES string of the molecule is Cc1ccccc1NC(=O)Nc1ccc(-n2cc(-c3ccccc3)nn2)cc1. The Morgan fingerprint density at radius 2 is 1.57 bits per heavy atom. The molecule has 0 atom stereocenters. The quantitative estimate of drug-likeness (QED) is 0.538. The first-order chi connectivity index (χ1) is 13.7. The molecule has 0 saturated carbocycles. The second-order valence-electron chi connectivity index (χ2n) is 6.36. The van der Waals surface area contributed by atoms with Gasteiger partial charge in [0.1, 0.15) is 5.69 Å². The number of hydrogen-bond acceptors (Lipinski definition) is 3. The number of para-hydroxylation sites is 1. The first kappa shape index (κ1) is 17.5. The number of amides is 2. The van der Waals surface area contributed by atoms with Crippen molar-refractivity contribution in [2.24, 2.45) is 0 Å². The van der Waals surface area contributed by atoms with Crippen LogP contribution in [-0.4, -0.2) is 21.0 Å². The average Bonchev–Trinajstić information content (AvgIpc) is 3.21. The van der Waals surface area contributed by atoms with Gasteiger partial charge in [0.05, 0.1) is 11.9 Å². The second kappa shape index (κ2) is 7.75. The Bertz CT molecular complexity index is 1090. The summed E-state index contributed by atoms with van der Waals surface area (Å²) in [5.41, 5.74) is 5.17. The number of benzene rings is 3. The number of nitrogens with zero attached hydrogens (tertiary/aromatic N) is 3. The molecule has 0 aliphatic carbocycles. The lowest BCUT2D eigenvalue weighted by atomic mass is 10.2. The van der Waals surface area contributed by atoms with E-state index in [1.54, 1.807) is 4.68 Å². The molecular weight excluding hydrogens is 350 g/mol. The molecule has 3 aromatic carbocycles. The molecule has 138 valence electrons. The maximum absolute atomic E-state index is 12.2. The molecule has 0 bridgehead atoms. The van der Waals surface area contributed by atoms with Crippen LogP contribution in [0.2, 0.25) is 0 Å². The van der Waals surface area contributed by atoms with E-state index in [0.717, 1.165) is 28.2 Å². The lowest BCUT2D eigenvalue weighted by molar-refractivity contribution is 0.262. The van der Waals surface area contributed by atoms with Crippen LogP contribution in [0.25, 0.3) is 16.9 Å². The highest BCUT2D eigenvalue weighted by molar-refractivity contribution is 6.00. The number of carbonyl (C=O) groups is 1. The van der Waals surface area contributed by atoms with Crippen molar-refractivity contribution in [3.8, 4) is 16.9 Å². The summed E-state index contributed by atoms with van der Waals surface area (Å²) < 4.78 is 1.71. The standard InChI is InChI=1S/C22H19N5O/c1-16-7-5-6-10-20(16)24-22(28)23-18-11-13-19(14-12-18)27-15-21(25-26-27)17-8-3-2-4-9-17/h2-15H,1H3,(H2,23,24,28). The van der Waals surface area contributed by atoms with Gasteiger partial charge in [0.15, 0.2) is 0 Å². The van der Waals surface area contributed by atoms with Gasteiger partial charge in [-0.15, -0.1) is 5.10 Å². The molecule has 0 radical (unpaired) electrons. The monoisotopic (exact) mass is 369 g/mol. The number of hydrogen-bond donors (Lipinski definition) is 2. The molecule has 0 unspecified atom stereocenters.